The maximum Gasteiger partial charge on any atom is 0.416 e. The predicted octanol–water partition coefficient (Wildman–Crippen LogP) is 1.43. The Hall–Kier alpha value is -2.22. The number of pyridine rings is 1. The predicted molar refractivity (Wildman–Crippen MR) is 62.0 cm³/mol. The quantitative estimate of drug-likeness (QED) is 0.863. The Morgan fingerprint density at radius 1 is 1.40 bits per heavy atom. The summed E-state index contributed by atoms with van der Waals surface area (Å²) >= 11 is 0. The highest BCUT2D eigenvalue weighted by molar-refractivity contribution is 6.06. The summed E-state index contributed by atoms with van der Waals surface area (Å²) in [4.78, 5) is 19.6. The van der Waals surface area contributed by atoms with Crippen molar-refractivity contribution >= 4 is 5.78 Å². The van der Waals surface area contributed by atoms with Gasteiger partial charge in [-0.25, -0.2) is 4.98 Å². The lowest BCUT2D eigenvalue weighted by molar-refractivity contribution is -0.207. The van der Waals surface area contributed by atoms with Crippen LogP contribution in [0.25, 0.3) is 0 Å². The molecule has 106 valence electrons. The van der Waals surface area contributed by atoms with Gasteiger partial charge in [0.15, 0.2) is 11.9 Å². The fourth-order valence-electron chi connectivity index (χ4n) is 1.58. The molecule has 1 atom stereocenters. The van der Waals surface area contributed by atoms with Crippen LogP contribution in [-0.4, -0.2) is 37.7 Å². The molecule has 2 rings (SSSR count). The van der Waals surface area contributed by atoms with Crippen LogP contribution in [0.15, 0.2) is 36.9 Å². The molecule has 0 amide bonds. The average molecular weight is 285 g/mol. The van der Waals surface area contributed by atoms with Crippen LogP contribution in [0.2, 0.25) is 0 Å². The van der Waals surface area contributed by atoms with Gasteiger partial charge in [0.05, 0.1) is 6.54 Å². The first-order valence-corrected chi connectivity index (χ1v) is 5.60. The van der Waals surface area contributed by atoms with E-state index in [9.17, 15) is 18.0 Å². The molecule has 2 aromatic heterocycles. The van der Waals surface area contributed by atoms with Crippen LogP contribution in [0.3, 0.4) is 0 Å². The van der Waals surface area contributed by atoms with Gasteiger partial charge in [0.25, 0.3) is 0 Å². The lowest BCUT2D eigenvalue weighted by atomic mass is 10.2. The third kappa shape index (κ3) is 3.02. The van der Waals surface area contributed by atoms with E-state index in [1.165, 1.54) is 36.9 Å². The molecule has 0 aliphatic heterocycles. The van der Waals surface area contributed by atoms with Crippen LogP contribution >= 0.6 is 0 Å². The molecule has 0 spiro atoms. The van der Waals surface area contributed by atoms with Gasteiger partial charge in [-0.1, -0.05) is 0 Å². The highest BCUT2D eigenvalue weighted by Crippen LogP contribution is 2.21. The van der Waals surface area contributed by atoms with Gasteiger partial charge in [0.2, 0.25) is 5.78 Å². The van der Waals surface area contributed by atoms with Crippen molar-refractivity contribution in [2.75, 3.05) is 0 Å². The number of rotatable bonds is 4. The summed E-state index contributed by atoms with van der Waals surface area (Å²) in [6, 6.07) is 3.01. The molecule has 8 heteroatoms. The molecule has 0 saturated carbocycles. The van der Waals surface area contributed by atoms with Gasteiger partial charge in [-0.15, -0.1) is 0 Å². The van der Waals surface area contributed by atoms with Crippen molar-refractivity contribution in [1.29, 1.82) is 0 Å². The first-order chi connectivity index (χ1) is 9.39. The molecule has 1 N–H and O–H groups in total. The Balaban J connectivity index is 2.23. The molecule has 0 aliphatic rings. The lowest BCUT2D eigenvalue weighted by Crippen LogP contribution is -2.33. The monoisotopic (exact) mass is 285 g/mol. The SMILES string of the molecule is O=C(c1cccnc1)c1nccn1CC(O)C(F)(F)F. The molecule has 20 heavy (non-hydrogen) atoms. The third-order valence-electron chi connectivity index (χ3n) is 2.59. The minimum Gasteiger partial charge on any atom is -0.382 e. The third-order valence-corrected chi connectivity index (χ3v) is 2.59. The molecule has 0 aliphatic carbocycles. The van der Waals surface area contributed by atoms with E-state index in [-0.39, 0.29) is 11.4 Å². The van der Waals surface area contributed by atoms with E-state index < -0.39 is 24.6 Å². The second-order valence-corrected chi connectivity index (χ2v) is 4.03. The lowest BCUT2D eigenvalue weighted by Gasteiger charge is -2.16. The number of carbonyl (C=O) groups excluding carboxylic acids is 1. The maximum absolute atomic E-state index is 12.3. The van der Waals surface area contributed by atoms with Crippen LogP contribution in [-0.2, 0) is 6.54 Å². The fourth-order valence-corrected chi connectivity index (χ4v) is 1.58. The first-order valence-electron chi connectivity index (χ1n) is 5.60. The highest BCUT2D eigenvalue weighted by atomic mass is 19.4. The molecule has 0 radical (unpaired) electrons. The fraction of sp³-hybridized carbons (Fsp3) is 0.250. The Labute approximate surface area is 111 Å². The number of alkyl halides is 3. The Morgan fingerprint density at radius 3 is 2.75 bits per heavy atom. The Morgan fingerprint density at radius 2 is 2.15 bits per heavy atom. The largest absolute Gasteiger partial charge is 0.416 e. The van der Waals surface area contributed by atoms with Gasteiger partial charge in [0.1, 0.15) is 0 Å². The van der Waals surface area contributed by atoms with Crippen molar-refractivity contribution in [1.82, 2.24) is 14.5 Å². The zero-order valence-electron chi connectivity index (χ0n) is 10.1. The Kier molecular flexibility index (Phi) is 3.84. The van der Waals surface area contributed by atoms with Crippen molar-refractivity contribution in [2.24, 2.45) is 0 Å². The number of ketones is 1. The maximum atomic E-state index is 12.3. The number of aromatic nitrogens is 3. The molecule has 2 aromatic rings. The number of aliphatic hydroxyl groups excluding tert-OH is 1. The van der Waals surface area contributed by atoms with Gasteiger partial charge in [0, 0.05) is 30.4 Å². The molecule has 0 saturated heterocycles. The summed E-state index contributed by atoms with van der Waals surface area (Å²) in [5.41, 5.74) is 0.210. The number of halogens is 3. The van der Waals surface area contributed by atoms with E-state index in [4.69, 9.17) is 5.11 Å². The summed E-state index contributed by atoms with van der Waals surface area (Å²) in [6.07, 6.45) is -2.14. The zero-order chi connectivity index (χ0) is 14.8. The van der Waals surface area contributed by atoms with Crippen molar-refractivity contribution in [3.05, 3.63) is 48.3 Å². The summed E-state index contributed by atoms with van der Waals surface area (Å²) in [7, 11) is 0. The van der Waals surface area contributed by atoms with Crippen molar-refractivity contribution in [3.8, 4) is 0 Å². The summed E-state index contributed by atoms with van der Waals surface area (Å²) in [6.45, 7) is -0.787. The molecular formula is C12H10F3N3O2. The minimum atomic E-state index is -4.75. The van der Waals surface area contributed by atoms with Crippen molar-refractivity contribution in [2.45, 2.75) is 18.8 Å². The smallest absolute Gasteiger partial charge is 0.382 e. The van der Waals surface area contributed by atoms with E-state index in [1.54, 1.807) is 0 Å². The number of nitrogens with zero attached hydrogens (tertiary/aromatic N) is 3. The minimum absolute atomic E-state index is 0.179. The van der Waals surface area contributed by atoms with E-state index >= 15 is 0 Å². The number of hydrogen-bond acceptors (Lipinski definition) is 4. The molecule has 2 heterocycles. The summed E-state index contributed by atoms with van der Waals surface area (Å²) < 4.78 is 37.9. The van der Waals surface area contributed by atoms with Crippen LogP contribution < -0.4 is 0 Å². The molecular weight excluding hydrogens is 275 g/mol. The number of aliphatic hydroxyl groups is 1. The highest BCUT2D eigenvalue weighted by Gasteiger charge is 2.38. The van der Waals surface area contributed by atoms with Gasteiger partial charge >= 0.3 is 6.18 Å². The zero-order valence-corrected chi connectivity index (χ0v) is 10.1. The molecule has 0 bridgehead atoms. The van der Waals surface area contributed by atoms with E-state index in [2.05, 4.69) is 9.97 Å². The van der Waals surface area contributed by atoms with Gasteiger partial charge in [-0.3, -0.25) is 9.78 Å². The van der Waals surface area contributed by atoms with E-state index in [0.717, 1.165) is 4.57 Å². The van der Waals surface area contributed by atoms with Crippen LogP contribution in [0.4, 0.5) is 13.2 Å². The van der Waals surface area contributed by atoms with Gasteiger partial charge in [-0.2, -0.15) is 13.2 Å². The van der Waals surface area contributed by atoms with E-state index in [0.29, 0.717) is 0 Å². The van der Waals surface area contributed by atoms with Crippen molar-refractivity contribution < 1.29 is 23.1 Å². The summed E-state index contributed by atoms with van der Waals surface area (Å²) in [5.74, 6) is -0.737. The Bertz CT molecular complexity index is 595. The molecule has 0 aromatic carbocycles. The van der Waals surface area contributed by atoms with Crippen LogP contribution in [0, 0.1) is 0 Å². The van der Waals surface area contributed by atoms with Crippen molar-refractivity contribution in [3.63, 3.8) is 0 Å². The molecule has 1 unspecified atom stereocenters. The number of carbonyl (C=O) groups is 1. The van der Waals surface area contributed by atoms with Crippen LogP contribution in [0.5, 0.6) is 0 Å². The van der Waals surface area contributed by atoms with Gasteiger partial charge < -0.3 is 9.67 Å². The first kappa shape index (κ1) is 14.2. The standard InChI is InChI=1S/C12H10F3N3O2/c13-12(14,15)9(19)7-18-5-4-17-11(18)10(20)8-2-1-3-16-6-8/h1-6,9,19H,7H2. The average Bonchev–Trinajstić information content (AvgIpc) is 2.86. The molecule has 5 nitrogen and oxygen atoms in total. The van der Waals surface area contributed by atoms with Crippen LogP contribution in [0.1, 0.15) is 16.2 Å². The topological polar surface area (TPSA) is 68.0 Å². The second kappa shape index (κ2) is 5.41. The second-order valence-electron chi connectivity index (χ2n) is 4.03. The normalized spacial score (nSPS) is 13.2. The molecule has 0 fully saturated rings. The van der Waals surface area contributed by atoms with E-state index in [1.807, 2.05) is 0 Å². The van der Waals surface area contributed by atoms with Gasteiger partial charge in [-0.05, 0) is 12.1 Å². The summed E-state index contributed by atoms with van der Waals surface area (Å²) in [5, 5.41) is 9.04. The number of imidazole rings is 1. The number of hydrogen-bond donors (Lipinski definition) is 1.